The molecule has 10 heteroatoms. The quantitative estimate of drug-likeness (QED) is 0.752. The van der Waals surface area contributed by atoms with Crippen molar-refractivity contribution in [3.63, 3.8) is 0 Å². The summed E-state index contributed by atoms with van der Waals surface area (Å²) >= 11 is 0. The van der Waals surface area contributed by atoms with E-state index in [9.17, 15) is 28.0 Å². The topological polar surface area (TPSA) is 94.5 Å². The molecular weight excluding hydrogens is 425 g/mol. The number of hydrogen-bond acceptors (Lipinski definition) is 5. The third-order valence-corrected chi connectivity index (χ3v) is 5.53. The van der Waals surface area contributed by atoms with Gasteiger partial charge in [-0.25, -0.2) is 0 Å². The number of nitriles is 1. The Morgan fingerprint density at radius 1 is 1.19 bits per heavy atom. The standard InChI is InChI=1S/C22H19F3N4O3/c23-22(24,25)15-2-1-14(11-26)18(9-15)29-7-5-13(6-8-29)21(31)27-16-3-4-19-17(10-16)28-20(30)12-32-19/h1-4,9-10,13H,5-8,12H2,(H,27,31)(H,28,30). The van der Waals surface area contributed by atoms with Gasteiger partial charge in [-0.15, -0.1) is 0 Å². The van der Waals surface area contributed by atoms with Crippen LogP contribution in [0, 0.1) is 17.2 Å². The van der Waals surface area contributed by atoms with E-state index < -0.39 is 11.7 Å². The minimum atomic E-state index is -4.50. The van der Waals surface area contributed by atoms with Gasteiger partial charge in [-0.3, -0.25) is 9.59 Å². The molecule has 0 aliphatic carbocycles. The summed E-state index contributed by atoms with van der Waals surface area (Å²) in [6.07, 6.45) is -3.64. The molecule has 2 amide bonds. The van der Waals surface area contributed by atoms with E-state index in [0.717, 1.165) is 12.1 Å². The van der Waals surface area contributed by atoms with Crippen molar-refractivity contribution in [3.05, 3.63) is 47.5 Å². The summed E-state index contributed by atoms with van der Waals surface area (Å²) in [5.41, 5.74) is 0.565. The lowest BCUT2D eigenvalue weighted by molar-refractivity contribution is -0.137. The van der Waals surface area contributed by atoms with Crippen LogP contribution in [0.4, 0.5) is 30.2 Å². The van der Waals surface area contributed by atoms with Crippen LogP contribution in [0.15, 0.2) is 36.4 Å². The van der Waals surface area contributed by atoms with Gasteiger partial charge in [0.25, 0.3) is 5.91 Å². The van der Waals surface area contributed by atoms with E-state index >= 15 is 0 Å². The molecule has 0 saturated carbocycles. The van der Waals surface area contributed by atoms with Gasteiger partial charge in [0.15, 0.2) is 6.61 Å². The van der Waals surface area contributed by atoms with Gasteiger partial charge in [0, 0.05) is 24.7 Å². The minimum Gasteiger partial charge on any atom is -0.482 e. The minimum absolute atomic E-state index is 0.0589. The molecule has 1 saturated heterocycles. The maximum atomic E-state index is 13.1. The number of nitrogens with zero attached hydrogens (tertiary/aromatic N) is 2. The second-order valence-electron chi connectivity index (χ2n) is 7.64. The SMILES string of the molecule is N#Cc1ccc(C(F)(F)F)cc1N1CCC(C(=O)Nc2ccc3c(c2)NC(=O)CO3)CC1. The number of halogens is 3. The highest BCUT2D eigenvalue weighted by Gasteiger charge is 2.33. The molecule has 0 radical (unpaired) electrons. The van der Waals surface area contributed by atoms with Crippen molar-refractivity contribution < 1.29 is 27.5 Å². The van der Waals surface area contributed by atoms with Crippen LogP contribution in [-0.4, -0.2) is 31.5 Å². The van der Waals surface area contributed by atoms with Crippen LogP contribution in [-0.2, 0) is 15.8 Å². The van der Waals surface area contributed by atoms with Crippen LogP contribution < -0.4 is 20.3 Å². The fourth-order valence-electron chi connectivity index (χ4n) is 3.85. The summed E-state index contributed by atoms with van der Waals surface area (Å²) in [5.74, 6) is -0.299. The average Bonchev–Trinajstić information content (AvgIpc) is 2.78. The molecule has 0 unspecified atom stereocenters. The highest BCUT2D eigenvalue weighted by atomic mass is 19.4. The van der Waals surface area contributed by atoms with Crippen molar-refractivity contribution in [2.45, 2.75) is 19.0 Å². The normalized spacial score (nSPS) is 16.4. The smallest absolute Gasteiger partial charge is 0.416 e. The van der Waals surface area contributed by atoms with E-state index in [1.54, 1.807) is 23.1 Å². The number of anilines is 3. The predicted octanol–water partition coefficient (Wildman–Crippen LogP) is 3.76. The Morgan fingerprint density at radius 3 is 2.62 bits per heavy atom. The summed E-state index contributed by atoms with van der Waals surface area (Å²) in [7, 11) is 0. The Hall–Kier alpha value is -3.74. The van der Waals surface area contributed by atoms with Gasteiger partial charge in [-0.1, -0.05) is 0 Å². The molecule has 166 valence electrons. The second-order valence-corrected chi connectivity index (χ2v) is 7.64. The molecule has 2 N–H and O–H groups in total. The van der Waals surface area contributed by atoms with E-state index in [2.05, 4.69) is 10.6 Å². The predicted molar refractivity (Wildman–Crippen MR) is 110 cm³/mol. The third kappa shape index (κ3) is 4.46. The van der Waals surface area contributed by atoms with Gasteiger partial charge in [-0.05, 0) is 49.2 Å². The van der Waals surface area contributed by atoms with Gasteiger partial charge < -0.3 is 20.3 Å². The van der Waals surface area contributed by atoms with Crippen molar-refractivity contribution in [1.82, 2.24) is 0 Å². The summed E-state index contributed by atoms with van der Waals surface area (Å²) in [4.78, 5) is 25.9. The number of fused-ring (bicyclic) bond motifs is 1. The Balaban J connectivity index is 1.41. The lowest BCUT2D eigenvalue weighted by Crippen LogP contribution is -2.38. The van der Waals surface area contributed by atoms with Crippen LogP contribution in [0.3, 0.4) is 0 Å². The molecule has 0 bridgehead atoms. The molecule has 32 heavy (non-hydrogen) atoms. The molecule has 2 aliphatic heterocycles. The summed E-state index contributed by atoms with van der Waals surface area (Å²) in [5, 5.41) is 14.8. The molecule has 2 heterocycles. The number of benzene rings is 2. The first kappa shape index (κ1) is 21.5. The zero-order chi connectivity index (χ0) is 22.9. The van der Waals surface area contributed by atoms with Gasteiger partial charge in [0.2, 0.25) is 5.91 Å². The molecule has 0 aromatic heterocycles. The zero-order valence-corrected chi connectivity index (χ0v) is 16.8. The molecule has 7 nitrogen and oxygen atoms in total. The summed E-state index contributed by atoms with van der Waals surface area (Å²) < 4.78 is 44.6. The number of nitrogens with one attached hydrogen (secondary N) is 2. The Morgan fingerprint density at radius 2 is 1.94 bits per heavy atom. The Labute approximate surface area is 181 Å². The fourth-order valence-corrected chi connectivity index (χ4v) is 3.85. The van der Waals surface area contributed by atoms with E-state index in [1.165, 1.54) is 6.07 Å². The summed E-state index contributed by atoms with van der Waals surface area (Å²) in [6, 6.07) is 9.94. The van der Waals surface area contributed by atoms with E-state index in [-0.39, 0.29) is 35.6 Å². The van der Waals surface area contributed by atoms with Crippen LogP contribution in [0.2, 0.25) is 0 Å². The first-order valence-electron chi connectivity index (χ1n) is 9.98. The molecule has 0 atom stereocenters. The fraction of sp³-hybridized carbons (Fsp3) is 0.318. The number of piperidine rings is 1. The maximum Gasteiger partial charge on any atom is 0.416 e. The Kier molecular flexibility index (Phi) is 5.65. The highest BCUT2D eigenvalue weighted by Crippen LogP contribution is 2.35. The van der Waals surface area contributed by atoms with Crippen molar-refractivity contribution in [3.8, 4) is 11.8 Å². The number of ether oxygens (including phenoxy) is 1. The van der Waals surface area contributed by atoms with E-state index in [1.807, 2.05) is 6.07 Å². The lowest BCUT2D eigenvalue weighted by Gasteiger charge is -2.33. The first-order valence-corrected chi connectivity index (χ1v) is 9.98. The van der Waals surface area contributed by atoms with Crippen molar-refractivity contribution >= 4 is 28.9 Å². The highest BCUT2D eigenvalue weighted by molar-refractivity contribution is 5.98. The van der Waals surface area contributed by atoms with Crippen LogP contribution in [0.5, 0.6) is 5.75 Å². The molecule has 1 fully saturated rings. The van der Waals surface area contributed by atoms with Gasteiger partial charge >= 0.3 is 6.18 Å². The largest absolute Gasteiger partial charge is 0.482 e. The molecular formula is C22H19F3N4O3. The van der Waals surface area contributed by atoms with Crippen LogP contribution >= 0.6 is 0 Å². The zero-order valence-electron chi connectivity index (χ0n) is 16.8. The van der Waals surface area contributed by atoms with Gasteiger partial charge in [0.1, 0.15) is 11.8 Å². The number of alkyl halides is 3. The van der Waals surface area contributed by atoms with E-state index in [0.29, 0.717) is 43.1 Å². The first-order chi connectivity index (χ1) is 15.2. The molecule has 2 aromatic rings. The van der Waals surface area contributed by atoms with Crippen molar-refractivity contribution in [1.29, 1.82) is 5.26 Å². The van der Waals surface area contributed by atoms with E-state index in [4.69, 9.17) is 4.74 Å². The number of rotatable bonds is 3. The van der Waals surface area contributed by atoms with Crippen LogP contribution in [0.1, 0.15) is 24.0 Å². The maximum absolute atomic E-state index is 13.1. The molecule has 2 aromatic carbocycles. The van der Waals surface area contributed by atoms with Gasteiger partial charge in [0.05, 0.1) is 22.5 Å². The Bertz CT molecular complexity index is 1100. The monoisotopic (exact) mass is 444 g/mol. The lowest BCUT2D eigenvalue weighted by atomic mass is 9.94. The number of hydrogen-bond donors (Lipinski definition) is 2. The number of carbonyl (C=O) groups is 2. The van der Waals surface area contributed by atoms with Crippen molar-refractivity contribution in [2.24, 2.45) is 5.92 Å². The number of amides is 2. The van der Waals surface area contributed by atoms with Crippen LogP contribution in [0.25, 0.3) is 0 Å². The average molecular weight is 444 g/mol. The summed E-state index contributed by atoms with van der Waals surface area (Å²) in [6.45, 7) is 0.640. The number of carbonyl (C=O) groups excluding carboxylic acids is 2. The molecule has 4 rings (SSSR count). The van der Waals surface area contributed by atoms with Crippen molar-refractivity contribution in [2.75, 3.05) is 35.2 Å². The molecule has 0 spiro atoms. The third-order valence-electron chi connectivity index (χ3n) is 5.53. The second kappa shape index (κ2) is 8.42. The van der Waals surface area contributed by atoms with Gasteiger partial charge in [-0.2, -0.15) is 18.4 Å². The molecule has 2 aliphatic rings.